The van der Waals surface area contributed by atoms with E-state index in [1.54, 1.807) is 13.0 Å². The van der Waals surface area contributed by atoms with Crippen LogP contribution in [-0.4, -0.2) is 19.2 Å². The van der Waals surface area contributed by atoms with Crippen LogP contribution in [0.3, 0.4) is 0 Å². The van der Waals surface area contributed by atoms with Gasteiger partial charge in [-0.15, -0.1) is 0 Å². The van der Waals surface area contributed by atoms with Gasteiger partial charge in [-0.1, -0.05) is 11.6 Å². The number of rotatable bonds is 4. The first-order valence-corrected chi connectivity index (χ1v) is 5.23. The predicted molar refractivity (Wildman–Crippen MR) is 58.8 cm³/mol. The highest BCUT2D eigenvalue weighted by Crippen LogP contribution is 2.28. The van der Waals surface area contributed by atoms with Gasteiger partial charge in [-0.25, -0.2) is 4.79 Å². The number of alkyl halides is 2. The average Bonchev–Trinajstić information content (AvgIpc) is 2.30. The van der Waals surface area contributed by atoms with Crippen LogP contribution in [0.15, 0.2) is 12.1 Å². The Morgan fingerprint density at radius 2 is 2.22 bits per heavy atom. The van der Waals surface area contributed by atoms with Crippen LogP contribution in [0.5, 0.6) is 5.75 Å². The Balaban J connectivity index is 3.21. The highest BCUT2D eigenvalue weighted by Gasteiger charge is 2.18. The van der Waals surface area contributed by atoms with E-state index in [1.807, 2.05) is 0 Å². The SMILES string of the molecule is CCOC(=O)c1cc(OC(F)F)c(C#N)cc1Cl. The van der Waals surface area contributed by atoms with Crippen molar-refractivity contribution in [2.45, 2.75) is 13.5 Å². The number of hydrogen-bond donors (Lipinski definition) is 0. The Bertz CT molecular complexity index is 500. The summed E-state index contributed by atoms with van der Waals surface area (Å²) in [5.74, 6) is -1.19. The number of nitrogens with zero attached hydrogens (tertiary/aromatic N) is 1. The Labute approximate surface area is 107 Å². The van der Waals surface area contributed by atoms with Gasteiger partial charge in [0.1, 0.15) is 11.8 Å². The number of hydrogen-bond acceptors (Lipinski definition) is 4. The molecule has 0 bridgehead atoms. The molecule has 0 atom stereocenters. The zero-order valence-electron chi connectivity index (χ0n) is 9.25. The van der Waals surface area contributed by atoms with Crippen LogP contribution in [0, 0.1) is 11.3 Å². The lowest BCUT2D eigenvalue weighted by molar-refractivity contribution is -0.0501. The number of nitriles is 1. The van der Waals surface area contributed by atoms with Gasteiger partial charge in [-0.3, -0.25) is 0 Å². The standard InChI is InChI=1S/C11H8ClF2NO3/c1-2-17-10(16)7-4-9(18-11(13)14)6(5-15)3-8(7)12/h3-4,11H,2H2,1H3. The Morgan fingerprint density at radius 1 is 1.56 bits per heavy atom. The smallest absolute Gasteiger partial charge is 0.387 e. The first-order valence-electron chi connectivity index (χ1n) is 4.85. The summed E-state index contributed by atoms with van der Waals surface area (Å²) in [6.45, 7) is -1.40. The summed E-state index contributed by atoms with van der Waals surface area (Å²) >= 11 is 5.75. The summed E-state index contributed by atoms with van der Waals surface area (Å²) < 4.78 is 33.1. The van der Waals surface area contributed by atoms with Gasteiger partial charge in [0, 0.05) is 0 Å². The minimum absolute atomic E-state index is 0.0633. The molecule has 0 amide bonds. The van der Waals surface area contributed by atoms with E-state index >= 15 is 0 Å². The predicted octanol–water partition coefficient (Wildman–Crippen LogP) is 2.99. The van der Waals surface area contributed by atoms with Crippen LogP contribution in [0.4, 0.5) is 8.78 Å². The molecule has 1 aromatic rings. The molecule has 18 heavy (non-hydrogen) atoms. The zero-order chi connectivity index (χ0) is 13.7. The molecule has 0 aliphatic rings. The van der Waals surface area contributed by atoms with Crippen LogP contribution in [0.25, 0.3) is 0 Å². The van der Waals surface area contributed by atoms with Crippen LogP contribution < -0.4 is 4.74 Å². The Morgan fingerprint density at radius 3 is 2.72 bits per heavy atom. The first kappa shape index (κ1) is 14.2. The Kier molecular flexibility index (Phi) is 4.86. The highest BCUT2D eigenvalue weighted by atomic mass is 35.5. The molecule has 0 spiro atoms. The quantitative estimate of drug-likeness (QED) is 0.793. The number of carbonyl (C=O) groups excluding carboxylic acids is 1. The third-order valence-corrected chi connectivity index (χ3v) is 2.21. The fourth-order valence-electron chi connectivity index (χ4n) is 1.20. The maximum atomic E-state index is 12.1. The third kappa shape index (κ3) is 3.31. The van der Waals surface area contributed by atoms with E-state index < -0.39 is 18.3 Å². The van der Waals surface area contributed by atoms with Crippen molar-refractivity contribution in [3.05, 3.63) is 28.3 Å². The molecule has 96 valence electrons. The fraction of sp³-hybridized carbons (Fsp3) is 0.273. The molecule has 1 rings (SSSR count). The molecule has 4 nitrogen and oxygen atoms in total. The Hall–Kier alpha value is -1.87. The van der Waals surface area contributed by atoms with E-state index in [-0.39, 0.29) is 22.8 Å². The summed E-state index contributed by atoms with van der Waals surface area (Å²) in [5.41, 5.74) is -0.318. The van der Waals surface area contributed by atoms with Gasteiger partial charge < -0.3 is 9.47 Å². The third-order valence-electron chi connectivity index (χ3n) is 1.90. The fourth-order valence-corrected chi connectivity index (χ4v) is 1.44. The molecule has 0 unspecified atom stereocenters. The monoisotopic (exact) mass is 275 g/mol. The summed E-state index contributed by atoms with van der Waals surface area (Å²) in [5, 5.41) is 8.68. The molecule has 0 fully saturated rings. The number of ether oxygens (including phenoxy) is 2. The number of benzene rings is 1. The van der Waals surface area contributed by atoms with Crippen molar-refractivity contribution in [3.63, 3.8) is 0 Å². The van der Waals surface area contributed by atoms with Crippen LogP contribution >= 0.6 is 11.6 Å². The van der Waals surface area contributed by atoms with Gasteiger partial charge in [0.25, 0.3) is 0 Å². The lowest BCUT2D eigenvalue weighted by Crippen LogP contribution is -2.09. The zero-order valence-corrected chi connectivity index (χ0v) is 10.0. The second kappa shape index (κ2) is 6.17. The number of carbonyl (C=O) groups is 1. The van der Waals surface area contributed by atoms with E-state index in [1.165, 1.54) is 0 Å². The molecule has 0 aromatic heterocycles. The van der Waals surface area contributed by atoms with Crippen LogP contribution in [0.1, 0.15) is 22.8 Å². The first-order chi connectivity index (χ1) is 8.49. The summed E-state index contributed by atoms with van der Waals surface area (Å²) in [7, 11) is 0. The van der Waals surface area contributed by atoms with Gasteiger partial charge in [-0.2, -0.15) is 14.0 Å². The summed E-state index contributed by atoms with van der Waals surface area (Å²) in [6, 6.07) is 3.68. The maximum Gasteiger partial charge on any atom is 0.387 e. The average molecular weight is 276 g/mol. The topological polar surface area (TPSA) is 59.3 Å². The van der Waals surface area contributed by atoms with E-state index in [0.29, 0.717) is 0 Å². The van der Waals surface area contributed by atoms with Gasteiger partial charge in [0.15, 0.2) is 0 Å². The van der Waals surface area contributed by atoms with Crippen LogP contribution in [-0.2, 0) is 4.74 Å². The second-order valence-electron chi connectivity index (χ2n) is 3.04. The number of halogens is 3. The summed E-state index contributed by atoms with van der Waals surface area (Å²) in [6.07, 6.45) is 0. The van der Waals surface area contributed by atoms with Crippen molar-refractivity contribution in [3.8, 4) is 11.8 Å². The molecule has 0 aliphatic carbocycles. The van der Waals surface area contributed by atoms with Crippen molar-refractivity contribution in [1.29, 1.82) is 5.26 Å². The van der Waals surface area contributed by atoms with Crippen molar-refractivity contribution in [2.24, 2.45) is 0 Å². The largest absolute Gasteiger partial charge is 0.462 e. The van der Waals surface area contributed by atoms with Gasteiger partial charge >= 0.3 is 12.6 Å². The van der Waals surface area contributed by atoms with Gasteiger partial charge in [0.05, 0.1) is 22.8 Å². The van der Waals surface area contributed by atoms with Crippen molar-refractivity contribution in [1.82, 2.24) is 0 Å². The lowest BCUT2D eigenvalue weighted by atomic mass is 10.1. The molecular formula is C11H8ClF2NO3. The molecule has 0 heterocycles. The van der Waals surface area contributed by atoms with Crippen molar-refractivity contribution >= 4 is 17.6 Å². The molecule has 7 heteroatoms. The second-order valence-corrected chi connectivity index (χ2v) is 3.45. The van der Waals surface area contributed by atoms with Gasteiger partial charge in [0.2, 0.25) is 0 Å². The van der Waals surface area contributed by atoms with E-state index in [9.17, 15) is 13.6 Å². The lowest BCUT2D eigenvalue weighted by Gasteiger charge is -2.10. The molecular weight excluding hydrogens is 268 g/mol. The summed E-state index contributed by atoms with van der Waals surface area (Å²) in [4.78, 5) is 11.5. The highest BCUT2D eigenvalue weighted by molar-refractivity contribution is 6.33. The number of esters is 1. The van der Waals surface area contributed by atoms with Gasteiger partial charge in [-0.05, 0) is 19.1 Å². The molecule has 0 radical (unpaired) electrons. The molecule has 0 saturated heterocycles. The minimum Gasteiger partial charge on any atom is -0.462 e. The molecule has 0 N–H and O–H groups in total. The maximum absolute atomic E-state index is 12.1. The molecule has 1 aromatic carbocycles. The van der Waals surface area contributed by atoms with Crippen LogP contribution in [0.2, 0.25) is 5.02 Å². The molecule has 0 saturated carbocycles. The molecule has 0 aliphatic heterocycles. The van der Waals surface area contributed by atoms with E-state index in [0.717, 1.165) is 12.1 Å². The van der Waals surface area contributed by atoms with Crippen molar-refractivity contribution < 1.29 is 23.0 Å². The van der Waals surface area contributed by atoms with E-state index in [2.05, 4.69) is 4.74 Å². The minimum atomic E-state index is -3.10. The van der Waals surface area contributed by atoms with Crippen molar-refractivity contribution in [2.75, 3.05) is 6.61 Å². The normalized spacial score (nSPS) is 10.0. The van der Waals surface area contributed by atoms with E-state index in [4.69, 9.17) is 21.6 Å².